The monoisotopic (exact) mass is 316 g/mol. The van der Waals surface area contributed by atoms with Crippen LogP contribution >= 0.6 is 0 Å². The van der Waals surface area contributed by atoms with Gasteiger partial charge in [-0.05, 0) is 61.4 Å². The summed E-state index contributed by atoms with van der Waals surface area (Å²) in [5.41, 5.74) is 3.93. The molecular weight excluding hydrogens is 300 g/mol. The first kappa shape index (κ1) is 15.7. The molecule has 24 heavy (non-hydrogen) atoms. The fourth-order valence-corrected chi connectivity index (χ4v) is 2.62. The second-order valence-corrected chi connectivity index (χ2v) is 5.61. The quantitative estimate of drug-likeness (QED) is 0.691. The van der Waals surface area contributed by atoms with Crippen LogP contribution in [0.3, 0.4) is 0 Å². The summed E-state index contributed by atoms with van der Waals surface area (Å²) < 4.78 is 0. The topological polar surface area (TPSA) is 59.9 Å². The number of nitrogens with zero attached hydrogens (tertiary/aromatic N) is 2. The Bertz CT molecular complexity index is 826. The molecule has 3 aromatic rings. The Labute approximate surface area is 140 Å². The van der Waals surface area contributed by atoms with Gasteiger partial charge >= 0.3 is 0 Å². The molecule has 0 aliphatic carbocycles. The minimum Gasteiger partial charge on any atom is -0.289 e. The van der Waals surface area contributed by atoms with Gasteiger partial charge in [0.05, 0.1) is 0 Å². The predicted molar refractivity (Wildman–Crippen MR) is 91.3 cm³/mol. The SMILES string of the molecule is Cc1cc(C(=O)c2ccncc2)c(C)cc1C(=O)c1ccncc1. The Kier molecular flexibility index (Phi) is 4.29. The molecule has 0 radical (unpaired) electrons. The highest BCUT2D eigenvalue weighted by Crippen LogP contribution is 2.21. The van der Waals surface area contributed by atoms with Gasteiger partial charge in [-0.25, -0.2) is 0 Å². The maximum atomic E-state index is 12.6. The van der Waals surface area contributed by atoms with Crippen LogP contribution in [0.15, 0.2) is 61.2 Å². The van der Waals surface area contributed by atoms with Crippen molar-refractivity contribution in [3.05, 3.63) is 94.6 Å². The Morgan fingerprint density at radius 3 is 1.33 bits per heavy atom. The van der Waals surface area contributed by atoms with Crippen molar-refractivity contribution in [1.29, 1.82) is 0 Å². The first-order valence-electron chi connectivity index (χ1n) is 7.58. The van der Waals surface area contributed by atoms with Crippen molar-refractivity contribution in [3.8, 4) is 0 Å². The van der Waals surface area contributed by atoms with E-state index in [4.69, 9.17) is 0 Å². The lowest BCUT2D eigenvalue weighted by atomic mass is 9.91. The van der Waals surface area contributed by atoms with Crippen LogP contribution < -0.4 is 0 Å². The minimum atomic E-state index is -0.0686. The summed E-state index contributed by atoms with van der Waals surface area (Å²) in [5.74, 6) is -0.137. The van der Waals surface area contributed by atoms with Gasteiger partial charge in [-0.3, -0.25) is 19.6 Å². The molecule has 118 valence electrons. The summed E-state index contributed by atoms with van der Waals surface area (Å²) in [4.78, 5) is 33.2. The molecule has 0 atom stereocenters. The molecule has 0 bridgehead atoms. The van der Waals surface area contributed by atoms with Crippen molar-refractivity contribution < 1.29 is 9.59 Å². The lowest BCUT2D eigenvalue weighted by Gasteiger charge is -2.11. The molecule has 4 nitrogen and oxygen atoms in total. The maximum absolute atomic E-state index is 12.6. The molecule has 0 saturated heterocycles. The van der Waals surface area contributed by atoms with Crippen LogP contribution in [0.2, 0.25) is 0 Å². The molecule has 0 fully saturated rings. The van der Waals surface area contributed by atoms with Crippen LogP contribution in [0, 0.1) is 13.8 Å². The predicted octanol–water partition coefficient (Wildman–Crippen LogP) is 3.56. The molecule has 0 aliphatic rings. The van der Waals surface area contributed by atoms with E-state index in [1.165, 1.54) is 0 Å². The zero-order chi connectivity index (χ0) is 17.1. The molecule has 0 amide bonds. The number of benzene rings is 1. The number of pyridine rings is 2. The van der Waals surface area contributed by atoms with Gasteiger partial charge in [-0.1, -0.05) is 0 Å². The van der Waals surface area contributed by atoms with Crippen molar-refractivity contribution in [3.63, 3.8) is 0 Å². The van der Waals surface area contributed by atoms with E-state index in [0.29, 0.717) is 22.3 Å². The van der Waals surface area contributed by atoms with Gasteiger partial charge in [0.25, 0.3) is 0 Å². The number of ketones is 2. The highest BCUT2D eigenvalue weighted by Gasteiger charge is 2.17. The van der Waals surface area contributed by atoms with E-state index in [2.05, 4.69) is 9.97 Å². The lowest BCUT2D eigenvalue weighted by Crippen LogP contribution is -2.09. The summed E-state index contributed by atoms with van der Waals surface area (Å²) in [6.07, 6.45) is 6.38. The maximum Gasteiger partial charge on any atom is 0.193 e. The highest BCUT2D eigenvalue weighted by molar-refractivity contribution is 6.13. The van der Waals surface area contributed by atoms with Crippen molar-refractivity contribution >= 4 is 11.6 Å². The standard InChI is InChI=1S/C20H16N2O2/c1-13-11-18(20(24)16-5-9-22-10-6-16)14(2)12-17(13)19(23)15-3-7-21-8-4-15/h3-12H,1-2H3. The van der Waals surface area contributed by atoms with Crippen LogP contribution in [0.5, 0.6) is 0 Å². The zero-order valence-electron chi connectivity index (χ0n) is 13.5. The van der Waals surface area contributed by atoms with Crippen molar-refractivity contribution in [2.45, 2.75) is 13.8 Å². The fraction of sp³-hybridized carbons (Fsp3) is 0.100. The van der Waals surface area contributed by atoms with Gasteiger partial charge in [0.2, 0.25) is 0 Å². The average Bonchev–Trinajstić information content (AvgIpc) is 2.63. The average molecular weight is 316 g/mol. The zero-order valence-corrected chi connectivity index (χ0v) is 13.5. The van der Waals surface area contributed by atoms with Gasteiger partial charge in [0.15, 0.2) is 11.6 Å². The van der Waals surface area contributed by atoms with Gasteiger partial charge in [-0.15, -0.1) is 0 Å². The molecule has 0 spiro atoms. The number of aryl methyl sites for hydroxylation is 2. The van der Waals surface area contributed by atoms with E-state index >= 15 is 0 Å². The van der Waals surface area contributed by atoms with Gasteiger partial charge in [0.1, 0.15) is 0 Å². The molecular formula is C20H16N2O2. The molecule has 2 heterocycles. The van der Waals surface area contributed by atoms with E-state index in [-0.39, 0.29) is 11.6 Å². The molecule has 0 aliphatic heterocycles. The number of hydrogen-bond acceptors (Lipinski definition) is 4. The van der Waals surface area contributed by atoms with E-state index in [1.807, 2.05) is 13.8 Å². The third kappa shape index (κ3) is 2.99. The van der Waals surface area contributed by atoms with Gasteiger partial charge in [0, 0.05) is 47.0 Å². The molecule has 1 aromatic carbocycles. The number of carbonyl (C=O) groups excluding carboxylic acids is 2. The van der Waals surface area contributed by atoms with Crippen LogP contribution in [0.4, 0.5) is 0 Å². The first-order chi connectivity index (χ1) is 11.6. The van der Waals surface area contributed by atoms with E-state index in [9.17, 15) is 9.59 Å². The highest BCUT2D eigenvalue weighted by atomic mass is 16.1. The number of rotatable bonds is 4. The Morgan fingerprint density at radius 1 is 0.667 bits per heavy atom. The second-order valence-electron chi connectivity index (χ2n) is 5.61. The molecule has 0 N–H and O–H groups in total. The summed E-state index contributed by atoms with van der Waals surface area (Å²) >= 11 is 0. The Morgan fingerprint density at radius 2 is 1.00 bits per heavy atom. The molecule has 4 heteroatoms. The Hall–Kier alpha value is -3.14. The normalized spacial score (nSPS) is 10.4. The summed E-state index contributed by atoms with van der Waals surface area (Å²) in [5, 5.41) is 0. The third-order valence-electron chi connectivity index (χ3n) is 3.95. The van der Waals surface area contributed by atoms with Gasteiger partial charge in [-0.2, -0.15) is 0 Å². The van der Waals surface area contributed by atoms with Crippen LogP contribution in [-0.4, -0.2) is 21.5 Å². The summed E-state index contributed by atoms with van der Waals surface area (Å²) in [6, 6.07) is 10.3. The van der Waals surface area contributed by atoms with Gasteiger partial charge < -0.3 is 0 Å². The largest absolute Gasteiger partial charge is 0.289 e. The second kappa shape index (κ2) is 6.54. The Balaban J connectivity index is 2.01. The third-order valence-corrected chi connectivity index (χ3v) is 3.95. The van der Waals surface area contributed by atoms with Crippen LogP contribution in [-0.2, 0) is 0 Å². The van der Waals surface area contributed by atoms with E-state index in [1.54, 1.807) is 61.2 Å². The molecule has 0 saturated carbocycles. The summed E-state index contributed by atoms with van der Waals surface area (Å²) in [6.45, 7) is 3.69. The van der Waals surface area contributed by atoms with Crippen molar-refractivity contribution in [2.75, 3.05) is 0 Å². The molecule has 2 aromatic heterocycles. The van der Waals surface area contributed by atoms with Crippen molar-refractivity contribution in [1.82, 2.24) is 9.97 Å². The number of hydrogen-bond donors (Lipinski definition) is 0. The fourth-order valence-electron chi connectivity index (χ4n) is 2.62. The molecule has 3 rings (SSSR count). The number of carbonyl (C=O) groups is 2. The summed E-state index contributed by atoms with van der Waals surface area (Å²) in [7, 11) is 0. The van der Waals surface area contributed by atoms with Crippen LogP contribution in [0.1, 0.15) is 43.0 Å². The molecule has 0 unspecified atom stereocenters. The number of aromatic nitrogens is 2. The smallest absolute Gasteiger partial charge is 0.193 e. The first-order valence-corrected chi connectivity index (χ1v) is 7.58. The minimum absolute atomic E-state index is 0.0686. The van der Waals surface area contributed by atoms with Crippen molar-refractivity contribution in [2.24, 2.45) is 0 Å². The van der Waals surface area contributed by atoms with E-state index in [0.717, 1.165) is 11.1 Å². The van der Waals surface area contributed by atoms with Crippen LogP contribution in [0.25, 0.3) is 0 Å². The van der Waals surface area contributed by atoms with E-state index < -0.39 is 0 Å². The lowest BCUT2D eigenvalue weighted by molar-refractivity contribution is 0.102.